The van der Waals surface area contributed by atoms with Gasteiger partial charge in [0, 0.05) is 18.7 Å². The van der Waals surface area contributed by atoms with Gasteiger partial charge in [0.15, 0.2) is 0 Å². The predicted octanol–water partition coefficient (Wildman–Crippen LogP) is 1.06. The van der Waals surface area contributed by atoms with E-state index in [1.807, 2.05) is 10.9 Å². The summed E-state index contributed by atoms with van der Waals surface area (Å²) in [7, 11) is 0. The lowest BCUT2D eigenvalue weighted by Gasteiger charge is -2.28. The lowest BCUT2D eigenvalue weighted by molar-refractivity contribution is 0.0250. The minimum Gasteiger partial charge on any atom is -0.396 e. The van der Waals surface area contributed by atoms with Gasteiger partial charge in [0.05, 0.1) is 24.5 Å². The average Bonchev–Trinajstić information content (AvgIpc) is 2.53. The van der Waals surface area contributed by atoms with Crippen LogP contribution in [0.25, 0.3) is 0 Å². The molecule has 72 valence electrons. The Morgan fingerprint density at radius 3 is 3.15 bits per heavy atom. The molecule has 0 bridgehead atoms. The predicted molar refractivity (Wildman–Crippen MR) is 50.3 cm³/mol. The Morgan fingerprint density at radius 2 is 2.54 bits per heavy atom. The quantitative estimate of drug-likeness (QED) is 0.705. The van der Waals surface area contributed by atoms with E-state index in [2.05, 4.69) is 12.0 Å². The summed E-state index contributed by atoms with van der Waals surface area (Å²) in [6, 6.07) is 0.450. The van der Waals surface area contributed by atoms with Crippen LogP contribution in [0.1, 0.15) is 19.4 Å². The van der Waals surface area contributed by atoms with Gasteiger partial charge in [-0.05, 0) is 6.42 Å². The van der Waals surface area contributed by atoms with Crippen LogP contribution in [0.4, 0.5) is 5.69 Å². The molecule has 13 heavy (non-hydrogen) atoms. The molecular weight excluding hydrogens is 166 g/mol. The fourth-order valence-corrected chi connectivity index (χ4v) is 1.80. The lowest BCUT2D eigenvalue weighted by atomic mass is 9.98. The molecular formula is C9H15N3O. The van der Waals surface area contributed by atoms with Crippen molar-refractivity contribution in [2.24, 2.45) is 5.92 Å². The highest BCUT2D eigenvalue weighted by Crippen LogP contribution is 2.26. The molecule has 1 fully saturated rings. The molecule has 2 unspecified atom stereocenters. The van der Waals surface area contributed by atoms with Crippen LogP contribution in [0, 0.1) is 5.92 Å². The van der Waals surface area contributed by atoms with Crippen molar-refractivity contribution < 1.29 is 4.74 Å². The molecule has 0 aliphatic carbocycles. The zero-order chi connectivity index (χ0) is 9.26. The third-order valence-electron chi connectivity index (χ3n) is 2.56. The topological polar surface area (TPSA) is 53.1 Å². The van der Waals surface area contributed by atoms with Crippen LogP contribution in [-0.4, -0.2) is 23.0 Å². The Bertz CT molecular complexity index is 284. The molecule has 0 saturated carbocycles. The highest BCUT2D eigenvalue weighted by molar-refractivity contribution is 5.30. The van der Waals surface area contributed by atoms with Crippen molar-refractivity contribution in [1.29, 1.82) is 0 Å². The zero-order valence-electron chi connectivity index (χ0n) is 7.81. The molecule has 2 atom stereocenters. The van der Waals surface area contributed by atoms with Crippen LogP contribution >= 0.6 is 0 Å². The molecule has 1 aromatic heterocycles. The lowest BCUT2D eigenvalue weighted by Crippen LogP contribution is -2.28. The van der Waals surface area contributed by atoms with Gasteiger partial charge < -0.3 is 10.5 Å². The maximum Gasteiger partial charge on any atom is 0.0719 e. The molecule has 4 heteroatoms. The van der Waals surface area contributed by atoms with E-state index in [4.69, 9.17) is 10.5 Å². The van der Waals surface area contributed by atoms with Gasteiger partial charge in [0.1, 0.15) is 0 Å². The van der Waals surface area contributed by atoms with Crippen LogP contribution in [0.2, 0.25) is 0 Å². The highest BCUT2D eigenvalue weighted by Gasteiger charge is 2.23. The molecule has 4 nitrogen and oxygen atoms in total. The molecule has 1 saturated heterocycles. The second-order valence-corrected chi connectivity index (χ2v) is 3.66. The molecule has 0 spiro atoms. The number of aromatic nitrogens is 2. The van der Waals surface area contributed by atoms with Crippen LogP contribution in [0.3, 0.4) is 0 Å². The van der Waals surface area contributed by atoms with Gasteiger partial charge >= 0.3 is 0 Å². The summed E-state index contributed by atoms with van der Waals surface area (Å²) in [5, 5.41) is 4.23. The Kier molecular flexibility index (Phi) is 2.22. The Labute approximate surface area is 77.7 Å². The first kappa shape index (κ1) is 8.56. The summed E-state index contributed by atoms with van der Waals surface area (Å²) in [6.07, 6.45) is 4.62. The van der Waals surface area contributed by atoms with E-state index >= 15 is 0 Å². The first-order valence-electron chi connectivity index (χ1n) is 4.65. The smallest absolute Gasteiger partial charge is 0.0719 e. The summed E-state index contributed by atoms with van der Waals surface area (Å²) in [5.74, 6) is 0.521. The second-order valence-electron chi connectivity index (χ2n) is 3.66. The fourth-order valence-electron chi connectivity index (χ4n) is 1.80. The van der Waals surface area contributed by atoms with E-state index in [1.165, 1.54) is 0 Å². The molecule has 0 amide bonds. The molecule has 2 rings (SSSR count). The number of anilines is 1. The van der Waals surface area contributed by atoms with Gasteiger partial charge in [-0.1, -0.05) is 6.92 Å². The average molecular weight is 181 g/mol. The molecule has 1 aromatic rings. The van der Waals surface area contributed by atoms with Crippen molar-refractivity contribution in [2.45, 2.75) is 19.4 Å². The summed E-state index contributed by atoms with van der Waals surface area (Å²) in [4.78, 5) is 0. The first-order valence-corrected chi connectivity index (χ1v) is 4.65. The summed E-state index contributed by atoms with van der Waals surface area (Å²) in [6.45, 7) is 3.83. The Balaban J connectivity index is 2.14. The summed E-state index contributed by atoms with van der Waals surface area (Å²) >= 11 is 0. The van der Waals surface area contributed by atoms with Crippen molar-refractivity contribution in [1.82, 2.24) is 9.78 Å². The largest absolute Gasteiger partial charge is 0.396 e. The Morgan fingerprint density at radius 1 is 1.69 bits per heavy atom. The van der Waals surface area contributed by atoms with Crippen molar-refractivity contribution in [3.63, 3.8) is 0 Å². The first-order chi connectivity index (χ1) is 6.27. The van der Waals surface area contributed by atoms with E-state index in [-0.39, 0.29) is 0 Å². The normalized spacial score (nSPS) is 29.0. The molecule has 2 heterocycles. The third-order valence-corrected chi connectivity index (χ3v) is 2.56. The van der Waals surface area contributed by atoms with E-state index in [9.17, 15) is 0 Å². The van der Waals surface area contributed by atoms with Gasteiger partial charge in [-0.3, -0.25) is 4.68 Å². The van der Waals surface area contributed by atoms with Gasteiger partial charge in [-0.25, -0.2) is 0 Å². The Hall–Kier alpha value is -1.03. The van der Waals surface area contributed by atoms with Crippen molar-refractivity contribution in [2.75, 3.05) is 18.9 Å². The summed E-state index contributed by atoms with van der Waals surface area (Å²) < 4.78 is 7.33. The summed E-state index contributed by atoms with van der Waals surface area (Å²) in [5.41, 5.74) is 6.35. The van der Waals surface area contributed by atoms with Crippen molar-refractivity contribution in [3.8, 4) is 0 Å². The fraction of sp³-hybridized carbons (Fsp3) is 0.667. The van der Waals surface area contributed by atoms with E-state index in [0.717, 1.165) is 25.3 Å². The van der Waals surface area contributed by atoms with Crippen LogP contribution in [0.5, 0.6) is 0 Å². The maximum atomic E-state index is 5.62. The monoisotopic (exact) mass is 181 g/mol. The van der Waals surface area contributed by atoms with Gasteiger partial charge in [0.2, 0.25) is 0 Å². The molecule has 2 N–H and O–H groups in total. The minimum absolute atomic E-state index is 0.450. The number of hydrogen-bond acceptors (Lipinski definition) is 3. The molecule has 1 aliphatic rings. The molecule has 0 radical (unpaired) electrons. The number of nitrogens with two attached hydrogens (primary N) is 1. The number of rotatable bonds is 1. The van der Waals surface area contributed by atoms with Crippen LogP contribution in [0.15, 0.2) is 12.4 Å². The molecule has 1 aliphatic heterocycles. The standard InChI is InChI=1S/C9H15N3O/c1-7-6-13-3-2-9(7)12-5-8(10)4-11-12/h4-5,7,9H,2-3,6,10H2,1H3. The number of nitrogen functional groups attached to an aromatic ring is 1. The van der Waals surface area contributed by atoms with Crippen molar-refractivity contribution in [3.05, 3.63) is 12.4 Å². The van der Waals surface area contributed by atoms with Crippen molar-refractivity contribution >= 4 is 5.69 Å². The number of ether oxygens (including phenoxy) is 1. The van der Waals surface area contributed by atoms with E-state index in [1.54, 1.807) is 6.20 Å². The maximum absolute atomic E-state index is 5.62. The minimum atomic E-state index is 0.450. The zero-order valence-corrected chi connectivity index (χ0v) is 7.81. The number of hydrogen-bond donors (Lipinski definition) is 1. The molecule has 0 aromatic carbocycles. The van der Waals surface area contributed by atoms with Gasteiger partial charge in [-0.15, -0.1) is 0 Å². The van der Waals surface area contributed by atoms with Crippen LogP contribution < -0.4 is 5.73 Å². The van der Waals surface area contributed by atoms with Crippen LogP contribution in [-0.2, 0) is 4.74 Å². The second kappa shape index (κ2) is 3.38. The third kappa shape index (κ3) is 1.67. The van der Waals surface area contributed by atoms with E-state index in [0.29, 0.717) is 12.0 Å². The van der Waals surface area contributed by atoms with E-state index < -0.39 is 0 Å². The SMILES string of the molecule is CC1COCCC1n1cc(N)cn1. The van der Waals surface area contributed by atoms with Gasteiger partial charge in [0.25, 0.3) is 0 Å². The highest BCUT2D eigenvalue weighted by atomic mass is 16.5. The number of nitrogens with zero attached hydrogens (tertiary/aromatic N) is 2. The van der Waals surface area contributed by atoms with Gasteiger partial charge in [-0.2, -0.15) is 5.10 Å².